The Balaban J connectivity index is 1.58. The van der Waals surface area contributed by atoms with Crippen molar-refractivity contribution < 1.29 is 4.79 Å². The second-order valence-electron chi connectivity index (χ2n) is 5.33. The topological polar surface area (TPSA) is 92.7 Å². The predicted octanol–water partition coefficient (Wildman–Crippen LogP) is 1.62. The molecule has 0 bridgehead atoms. The van der Waals surface area contributed by atoms with Gasteiger partial charge in [-0.05, 0) is 18.6 Å². The summed E-state index contributed by atoms with van der Waals surface area (Å²) >= 11 is 0. The Morgan fingerprint density at radius 1 is 1.35 bits per heavy atom. The highest BCUT2D eigenvalue weighted by atomic mass is 16.1. The van der Waals surface area contributed by atoms with Crippen LogP contribution in [0.2, 0.25) is 0 Å². The van der Waals surface area contributed by atoms with Crippen molar-refractivity contribution >= 4 is 22.5 Å². The number of amides is 1. The molecular formula is C16H17N5O2. The first-order chi connectivity index (χ1) is 11.1. The number of fused-ring (bicyclic) bond motifs is 1. The van der Waals surface area contributed by atoms with Gasteiger partial charge in [-0.25, -0.2) is 4.98 Å². The quantitative estimate of drug-likeness (QED) is 0.749. The van der Waals surface area contributed by atoms with Crippen LogP contribution in [0.5, 0.6) is 0 Å². The van der Waals surface area contributed by atoms with Crippen LogP contribution < -0.4 is 10.9 Å². The van der Waals surface area contributed by atoms with Crippen LogP contribution in [-0.2, 0) is 18.3 Å². The molecular weight excluding hydrogens is 294 g/mol. The number of hydrogen-bond donors (Lipinski definition) is 2. The molecule has 0 aliphatic carbocycles. The van der Waals surface area contributed by atoms with Crippen LogP contribution in [0, 0.1) is 0 Å². The molecule has 7 heteroatoms. The zero-order valence-corrected chi connectivity index (χ0v) is 12.7. The number of nitrogens with zero attached hydrogens (tertiary/aromatic N) is 3. The van der Waals surface area contributed by atoms with Crippen molar-refractivity contribution in [1.82, 2.24) is 19.7 Å². The maximum absolute atomic E-state index is 12.0. The Morgan fingerprint density at radius 3 is 2.96 bits per heavy atom. The number of rotatable bonds is 5. The lowest BCUT2D eigenvalue weighted by molar-refractivity contribution is -0.116. The third kappa shape index (κ3) is 3.63. The monoisotopic (exact) mass is 311 g/mol. The standard InChI is InChI=1S/C16H17N5O2/c1-21-10-11(9-17-21)18-15(22)8-4-7-14-19-13-6-3-2-5-12(13)16(23)20-14/h2-3,5-6,9-10H,4,7-8H2,1H3,(H,18,22)(H,19,20,23). The fourth-order valence-electron chi connectivity index (χ4n) is 2.38. The van der Waals surface area contributed by atoms with Crippen molar-refractivity contribution in [2.75, 3.05) is 5.32 Å². The molecule has 0 atom stereocenters. The van der Waals surface area contributed by atoms with E-state index in [2.05, 4.69) is 20.4 Å². The summed E-state index contributed by atoms with van der Waals surface area (Å²) in [4.78, 5) is 31.0. The average Bonchev–Trinajstić information content (AvgIpc) is 2.92. The van der Waals surface area contributed by atoms with Crippen LogP contribution in [-0.4, -0.2) is 25.7 Å². The number of aromatic amines is 1. The molecule has 0 radical (unpaired) electrons. The van der Waals surface area contributed by atoms with Crippen LogP contribution in [0.3, 0.4) is 0 Å². The third-order valence-electron chi connectivity index (χ3n) is 3.47. The molecule has 0 unspecified atom stereocenters. The highest BCUT2D eigenvalue weighted by Gasteiger charge is 2.06. The van der Waals surface area contributed by atoms with Crippen molar-refractivity contribution in [2.24, 2.45) is 7.05 Å². The van der Waals surface area contributed by atoms with E-state index in [0.717, 1.165) is 0 Å². The summed E-state index contributed by atoms with van der Waals surface area (Å²) in [6.45, 7) is 0. The zero-order chi connectivity index (χ0) is 16.2. The van der Waals surface area contributed by atoms with E-state index >= 15 is 0 Å². The van der Waals surface area contributed by atoms with E-state index in [1.807, 2.05) is 18.2 Å². The highest BCUT2D eigenvalue weighted by Crippen LogP contribution is 2.08. The summed E-state index contributed by atoms with van der Waals surface area (Å²) in [5.74, 6) is 0.518. The Hall–Kier alpha value is -2.96. The van der Waals surface area contributed by atoms with Gasteiger partial charge in [0.05, 0.1) is 22.8 Å². The molecule has 0 saturated carbocycles. The second kappa shape index (κ2) is 6.43. The first-order valence-corrected chi connectivity index (χ1v) is 7.38. The molecule has 0 spiro atoms. The number of anilines is 1. The summed E-state index contributed by atoms with van der Waals surface area (Å²) in [7, 11) is 1.79. The van der Waals surface area contributed by atoms with Gasteiger partial charge in [-0.1, -0.05) is 12.1 Å². The van der Waals surface area contributed by atoms with Gasteiger partial charge in [0.25, 0.3) is 5.56 Å². The number of carbonyl (C=O) groups is 1. The van der Waals surface area contributed by atoms with E-state index in [-0.39, 0.29) is 11.5 Å². The largest absolute Gasteiger partial charge is 0.323 e. The van der Waals surface area contributed by atoms with Crippen LogP contribution >= 0.6 is 0 Å². The van der Waals surface area contributed by atoms with Crippen LogP contribution in [0.4, 0.5) is 5.69 Å². The van der Waals surface area contributed by atoms with Gasteiger partial charge in [-0.3, -0.25) is 14.3 Å². The number of para-hydroxylation sites is 1. The van der Waals surface area contributed by atoms with Crippen LogP contribution in [0.1, 0.15) is 18.7 Å². The smallest absolute Gasteiger partial charge is 0.258 e. The SMILES string of the molecule is Cn1cc(NC(=O)CCCc2nc3ccccc3c(=O)[nH]2)cn1. The molecule has 23 heavy (non-hydrogen) atoms. The van der Waals surface area contributed by atoms with Gasteiger partial charge in [0.2, 0.25) is 5.91 Å². The summed E-state index contributed by atoms with van der Waals surface area (Å²) in [5, 5.41) is 7.34. The molecule has 0 saturated heterocycles. The Morgan fingerprint density at radius 2 is 2.17 bits per heavy atom. The van der Waals surface area contributed by atoms with E-state index in [1.54, 1.807) is 30.2 Å². The van der Waals surface area contributed by atoms with Gasteiger partial charge in [0.15, 0.2) is 0 Å². The molecule has 2 aromatic heterocycles. The molecule has 2 heterocycles. The lowest BCUT2D eigenvalue weighted by atomic mass is 10.2. The summed E-state index contributed by atoms with van der Waals surface area (Å²) in [6.07, 6.45) is 4.83. The normalized spacial score (nSPS) is 10.8. The van der Waals surface area contributed by atoms with Crippen molar-refractivity contribution in [1.29, 1.82) is 0 Å². The number of benzene rings is 1. The molecule has 7 nitrogen and oxygen atoms in total. The highest BCUT2D eigenvalue weighted by molar-refractivity contribution is 5.90. The first-order valence-electron chi connectivity index (χ1n) is 7.38. The molecule has 0 aliphatic rings. The number of aryl methyl sites for hydroxylation is 2. The minimum atomic E-state index is -0.148. The van der Waals surface area contributed by atoms with Gasteiger partial charge in [-0.2, -0.15) is 5.10 Å². The Labute approximate surface area is 132 Å². The Kier molecular flexibility index (Phi) is 4.18. The lowest BCUT2D eigenvalue weighted by Gasteiger charge is -2.04. The third-order valence-corrected chi connectivity index (χ3v) is 3.47. The number of hydrogen-bond acceptors (Lipinski definition) is 4. The zero-order valence-electron chi connectivity index (χ0n) is 12.7. The predicted molar refractivity (Wildman–Crippen MR) is 87.1 cm³/mol. The fourth-order valence-corrected chi connectivity index (χ4v) is 2.38. The maximum Gasteiger partial charge on any atom is 0.258 e. The van der Waals surface area contributed by atoms with Crippen LogP contribution in [0.15, 0.2) is 41.5 Å². The van der Waals surface area contributed by atoms with Crippen molar-refractivity contribution in [3.8, 4) is 0 Å². The van der Waals surface area contributed by atoms with Gasteiger partial charge in [-0.15, -0.1) is 0 Å². The van der Waals surface area contributed by atoms with Gasteiger partial charge < -0.3 is 10.3 Å². The van der Waals surface area contributed by atoms with E-state index in [1.165, 1.54) is 0 Å². The van der Waals surface area contributed by atoms with E-state index in [4.69, 9.17) is 0 Å². The molecule has 2 N–H and O–H groups in total. The molecule has 3 rings (SSSR count). The molecule has 1 aromatic carbocycles. The Bertz CT molecular complexity index is 897. The molecule has 118 valence electrons. The minimum absolute atomic E-state index is 0.0823. The van der Waals surface area contributed by atoms with Crippen LogP contribution in [0.25, 0.3) is 10.9 Å². The minimum Gasteiger partial charge on any atom is -0.323 e. The first kappa shape index (κ1) is 15.0. The van der Waals surface area contributed by atoms with E-state index < -0.39 is 0 Å². The molecule has 0 fully saturated rings. The maximum atomic E-state index is 12.0. The second-order valence-corrected chi connectivity index (χ2v) is 5.33. The summed E-state index contributed by atoms with van der Waals surface area (Å²) < 4.78 is 1.62. The van der Waals surface area contributed by atoms with Crippen molar-refractivity contribution in [3.63, 3.8) is 0 Å². The lowest BCUT2D eigenvalue weighted by Crippen LogP contribution is -2.14. The fraction of sp³-hybridized carbons (Fsp3) is 0.250. The summed E-state index contributed by atoms with van der Waals surface area (Å²) in [5.41, 5.74) is 1.20. The summed E-state index contributed by atoms with van der Waals surface area (Å²) in [6, 6.07) is 7.21. The van der Waals surface area contributed by atoms with Gasteiger partial charge >= 0.3 is 0 Å². The number of carbonyl (C=O) groups excluding carboxylic acids is 1. The van der Waals surface area contributed by atoms with E-state index in [0.29, 0.717) is 41.7 Å². The number of H-pyrrole nitrogens is 1. The van der Waals surface area contributed by atoms with Gasteiger partial charge in [0, 0.05) is 26.1 Å². The molecule has 1 amide bonds. The van der Waals surface area contributed by atoms with Crippen molar-refractivity contribution in [2.45, 2.75) is 19.3 Å². The molecule has 0 aliphatic heterocycles. The van der Waals surface area contributed by atoms with E-state index in [9.17, 15) is 9.59 Å². The molecule has 3 aromatic rings. The van der Waals surface area contributed by atoms with Crippen molar-refractivity contribution in [3.05, 3.63) is 52.8 Å². The average molecular weight is 311 g/mol. The number of nitrogens with one attached hydrogen (secondary N) is 2. The van der Waals surface area contributed by atoms with Gasteiger partial charge in [0.1, 0.15) is 5.82 Å². The number of aromatic nitrogens is 4.